The molecule has 0 N–H and O–H groups in total. The Morgan fingerprint density at radius 1 is 1.17 bits per heavy atom. The Morgan fingerprint density at radius 3 is 2.56 bits per heavy atom. The molecule has 0 saturated carbocycles. The fourth-order valence-electron chi connectivity index (χ4n) is 5.17. The Labute approximate surface area is 206 Å². The Morgan fingerprint density at radius 2 is 1.92 bits per heavy atom. The molecule has 8 nitrogen and oxygen atoms in total. The van der Waals surface area contributed by atoms with Crippen LogP contribution in [-0.4, -0.2) is 51.0 Å². The molecule has 194 valence electrons. The average molecular weight is 506 g/mol. The lowest BCUT2D eigenvalue weighted by Crippen LogP contribution is -2.45. The van der Waals surface area contributed by atoms with Crippen LogP contribution in [0.1, 0.15) is 37.6 Å². The fraction of sp³-hybridized carbons (Fsp3) is 0.560. The van der Waals surface area contributed by atoms with E-state index in [1.165, 1.54) is 16.7 Å². The highest BCUT2D eigenvalue weighted by molar-refractivity contribution is 5.84. The van der Waals surface area contributed by atoms with Crippen molar-refractivity contribution in [1.82, 2.24) is 19.1 Å². The molecule has 2 aliphatic heterocycles. The fourth-order valence-corrected chi connectivity index (χ4v) is 5.17. The highest BCUT2D eigenvalue weighted by Crippen LogP contribution is 2.33. The summed E-state index contributed by atoms with van der Waals surface area (Å²) in [4.78, 5) is 24.0. The molecular weight excluding hydrogens is 475 g/mol. The molecule has 2 fully saturated rings. The van der Waals surface area contributed by atoms with Gasteiger partial charge in [-0.3, -0.25) is 4.57 Å². The Hall–Kier alpha value is -3.08. The van der Waals surface area contributed by atoms with Crippen LogP contribution < -0.4 is 15.3 Å². The highest BCUT2D eigenvalue weighted by Gasteiger charge is 2.33. The van der Waals surface area contributed by atoms with Crippen molar-refractivity contribution in [2.45, 2.75) is 58.0 Å². The molecule has 5 rings (SSSR count). The van der Waals surface area contributed by atoms with Gasteiger partial charge in [0, 0.05) is 39.1 Å². The summed E-state index contributed by atoms with van der Waals surface area (Å²) in [5.41, 5.74) is 0.366. The molecule has 3 aromatic rings. The Bertz CT molecular complexity index is 1300. The number of fused-ring (bicyclic) bond motifs is 1. The summed E-state index contributed by atoms with van der Waals surface area (Å²) in [6, 6.07) is 4.78. The quantitative estimate of drug-likeness (QED) is 0.523. The number of hydrogen-bond acceptors (Lipinski definition) is 6. The van der Waals surface area contributed by atoms with Crippen molar-refractivity contribution in [3.8, 4) is 5.75 Å². The second-order valence-electron chi connectivity index (χ2n) is 9.74. The zero-order valence-corrected chi connectivity index (χ0v) is 20.6. The van der Waals surface area contributed by atoms with Crippen LogP contribution in [0.25, 0.3) is 11.2 Å². The van der Waals surface area contributed by atoms with Crippen LogP contribution >= 0.6 is 0 Å². The minimum absolute atomic E-state index is 0.0528. The smallest absolute Gasteiger partial charge is 0.416 e. The van der Waals surface area contributed by atoms with Gasteiger partial charge in [0.15, 0.2) is 5.82 Å². The van der Waals surface area contributed by atoms with Crippen LogP contribution in [0.2, 0.25) is 0 Å². The van der Waals surface area contributed by atoms with Crippen LogP contribution in [-0.2, 0) is 24.5 Å². The monoisotopic (exact) mass is 505 g/mol. The van der Waals surface area contributed by atoms with Gasteiger partial charge in [0.25, 0.3) is 0 Å². The molecule has 0 radical (unpaired) electrons. The van der Waals surface area contributed by atoms with E-state index in [0.29, 0.717) is 43.1 Å². The van der Waals surface area contributed by atoms with Gasteiger partial charge in [0.05, 0.1) is 18.2 Å². The maximum absolute atomic E-state index is 12.8. The van der Waals surface area contributed by atoms with E-state index in [1.807, 2.05) is 18.4 Å². The molecule has 11 heteroatoms. The second kappa shape index (κ2) is 9.42. The summed E-state index contributed by atoms with van der Waals surface area (Å²) in [5.74, 6) is 1.82. The molecule has 1 aromatic carbocycles. The molecular formula is C25H30F3N5O3. The minimum Gasteiger partial charge on any atom is -0.490 e. The molecule has 2 aromatic heterocycles. The second-order valence-corrected chi connectivity index (χ2v) is 9.74. The number of piperidine rings is 1. The third-order valence-corrected chi connectivity index (χ3v) is 7.16. The van der Waals surface area contributed by atoms with Gasteiger partial charge in [0.1, 0.15) is 28.8 Å². The van der Waals surface area contributed by atoms with Gasteiger partial charge in [0.2, 0.25) is 0 Å². The van der Waals surface area contributed by atoms with E-state index in [1.54, 1.807) is 7.05 Å². The first kappa shape index (κ1) is 24.6. The lowest BCUT2D eigenvalue weighted by atomic mass is 9.96. The van der Waals surface area contributed by atoms with Crippen molar-refractivity contribution < 1.29 is 22.6 Å². The molecule has 0 spiro atoms. The third-order valence-electron chi connectivity index (χ3n) is 7.16. The van der Waals surface area contributed by atoms with Crippen LogP contribution in [0.15, 0.2) is 29.1 Å². The van der Waals surface area contributed by atoms with Gasteiger partial charge in [-0.2, -0.15) is 18.2 Å². The molecule has 3 atom stereocenters. The lowest BCUT2D eigenvalue weighted by Gasteiger charge is -2.37. The van der Waals surface area contributed by atoms with Gasteiger partial charge >= 0.3 is 11.9 Å². The molecule has 0 aliphatic carbocycles. The Kier molecular flexibility index (Phi) is 6.44. The van der Waals surface area contributed by atoms with E-state index in [4.69, 9.17) is 14.5 Å². The molecule has 0 amide bonds. The van der Waals surface area contributed by atoms with Crippen molar-refractivity contribution >= 4 is 17.0 Å². The van der Waals surface area contributed by atoms with Gasteiger partial charge in [-0.1, -0.05) is 6.92 Å². The predicted octanol–water partition coefficient (Wildman–Crippen LogP) is 3.93. The summed E-state index contributed by atoms with van der Waals surface area (Å²) < 4.78 is 54.0. The SMILES string of the molecule is Cc1nc2c(N3CC[C@H](Oc4ccc(C(F)(F)F)cc4)[C@H](C)C3)nc(=O)n(C)c2n1C[C@@H]1CCCO1. The number of alkyl halides is 3. The van der Waals surface area contributed by atoms with Crippen LogP contribution in [0.4, 0.5) is 19.0 Å². The van der Waals surface area contributed by atoms with Crippen LogP contribution in [0.5, 0.6) is 5.75 Å². The van der Waals surface area contributed by atoms with Crippen molar-refractivity contribution in [3.63, 3.8) is 0 Å². The average Bonchev–Trinajstić information content (AvgIpc) is 3.46. The zero-order chi connectivity index (χ0) is 25.6. The molecule has 36 heavy (non-hydrogen) atoms. The standard InChI is InChI=1S/C25H30F3N5O3/c1-15-13-32(11-10-20(15)36-18-8-6-17(7-9-18)25(26,27)28)22-21-23(31(3)24(34)30-22)33(16(2)29-21)14-19-5-4-12-35-19/h6-9,15,19-20H,4-5,10-14H2,1-3H3/t15-,19+,20+/m1/s1. The van der Waals surface area contributed by atoms with E-state index in [0.717, 1.165) is 43.1 Å². The summed E-state index contributed by atoms with van der Waals surface area (Å²) >= 11 is 0. The maximum Gasteiger partial charge on any atom is 0.416 e. The summed E-state index contributed by atoms with van der Waals surface area (Å²) in [6.45, 7) is 6.51. The topological polar surface area (TPSA) is 74.4 Å². The zero-order valence-electron chi connectivity index (χ0n) is 20.6. The first-order chi connectivity index (χ1) is 17.1. The van der Waals surface area contributed by atoms with E-state index < -0.39 is 11.7 Å². The first-order valence-electron chi connectivity index (χ1n) is 12.3. The van der Waals surface area contributed by atoms with E-state index in [9.17, 15) is 18.0 Å². The van der Waals surface area contributed by atoms with Crippen LogP contribution in [0.3, 0.4) is 0 Å². The predicted molar refractivity (Wildman–Crippen MR) is 128 cm³/mol. The number of benzene rings is 1. The number of halogens is 3. The van der Waals surface area contributed by atoms with Crippen molar-refractivity contribution in [1.29, 1.82) is 0 Å². The number of hydrogen-bond donors (Lipinski definition) is 0. The molecule has 0 unspecified atom stereocenters. The van der Waals surface area contributed by atoms with Crippen LogP contribution in [0, 0.1) is 12.8 Å². The summed E-state index contributed by atoms with van der Waals surface area (Å²) in [5, 5.41) is 0. The van der Waals surface area contributed by atoms with Crippen molar-refractivity contribution in [3.05, 3.63) is 46.1 Å². The number of imidazole rings is 1. The third kappa shape index (κ3) is 4.68. The number of nitrogens with zero attached hydrogens (tertiary/aromatic N) is 5. The number of anilines is 1. The van der Waals surface area contributed by atoms with E-state index in [-0.39, 0.29) is 23.8 Å². The van der Waals surface area contributed by atoms with Crippen molar-refractivity contribution in [2.75, 3.05) is 24.6 Å². The van der Waals surface area contributed by atoms with E-state index >= 15 is 0 Å². The number of rotatable bonds is 5. The molecule has 4 heterocycles. The van der Waals surface area contributed by atoms with Gasteiger partial charge in [-0.15, -0.1) is 0 Å². The highest BCUT2D eigenvalue weighted by atomic mass is 19.4. The van der Waals surface area contributed by atoms with E-state index in [2.05, 4.69) is 9.88 Å². The summed E-state index contributed by atoms with van der Waals surface area (Å²) in [7, 11) is 1.71. The molecule has 0 bridgehead atoms. The minimum atomic E-state index is -4.38. The largest absolute Gasteiger partial charge is 0.490 e. The Balaban J connectivity index is 1.36. The van der Waals surface area contributed by atoms with Gasteiger partial charge < -0.3 is 18.9 Å². The normalized spacial score (nSPS) is 22.9. The number of aryl methyl sites for hydroxylation is 2. The lowest BCUT2D eigenvalue weighted by molar-refractivity contribution is -0.137. The molecule has 2 aliphatic rings. The maximum atomic E-state index is 12.8. The number of aromatic nitrogens is 4. The summed E-state index contributed by atoms with van der Waals surface area (Å²) in [6.07, 6.45) is -1.79. The van der Waals surface area contributed by atoms with Gasteiger partial charge in [-0.25, -0.2) is 9.78 Å². The number of ether oxygens (including phenoxy) is 2. The van der Waals surface area contributed by atoms with Crippen molar-refractivity contribution in [2.24, 2.45) is 13.0 Å². The molecule has 2 saturated heterocycles. The first-order valence-corrected chi connectivity index (χ1v) is 12.3. The van der Waals surface area contributed by atoms with Gasteiger partial charge in [-0.05, 0) is 44.0 Å².